The molecule has 0 spiro atoms. The summed E-state index contributed by atoms with van der Waals surface area (Å²) in [5.74, 6) is 0.997. The third-order valence-corrected chi connectivity index (χ3v) is 3.97. The van der Waals surface area contributed by atoms with E-state index in [1.807, 2.05) is 52.1 Å². The topological polar surface area (TPSA) is 64.2 Å². The fourth-order valence-corrected chi connectivity index (χ4v) is 2.75. The maximum absolute atomic E-state index is 10.1. The molecule has 1 aromatic heterocycles. The van der Waals surface area contributed by atoms with Crippen LogP contribution in [0.5, 0.6) is 0 Å². The Labute approximate surface area is 138 Å². The lowest BCUT2D eigenvalue weighted by molar-refractivity contribution is -0.949. The van der Waals surface area contributed by atoms with Gasteiger partial charge in [-0.3, -0.25) is 0 Å². The van der Waals surface area contributed by atoms with E-state index in [1.54, 1.807) is 5.01 Å². The fourth-order valence-electron chi connectivity index (χ4n) is 2.75. The van der Waals surface area contributed by atoms with Gasteiger partial charge in [-0.15, -0.1) is 5.01 Å². The van der Waals surface area contributed by atoms with Crippen LogP contribution in [-0.4, -0.2) is 51.4 Å². The van der Waals surface area contributed by atoms with Gasteiger partial charge in [-0.1, -0.05) is 6.07 Å². The Morgan fingerprint density at radius 1 is 1.39 bits per heavy atom. The summed E-state index contributed by atoms with van der Waals surface area (Å²) >= 11 is 0. The van der Waals surface area contributed by atoms with E-state index in [-0.39, 0.29) is 11.6 Å². The fraction of sp³-hybridized carbons (Fsp3) is 0.688. The second-order valence-electron chi connectivity index (χ2n) is 6.72. The van der Waals surface area contributed by atoms with Crippen molar-refractivity contribution in [3.8, 4) is 0 Å². The van der Waals surface area contributed by atoms with Gasteiger partial charge in [0.1, 0.15) is 11.9 Å². The number of rotatable bonds is 5. The molecule has 0 amide bonds. The molecule has 0 aliphatic carbocycles. The largest absolute Gasteiger partial charge is 0.356 e. The molecule has 1 aliphatic rings. The first-order valence-corrected chi connectivity index (χ1v) is 8.21. The van der Waals surface area contributed by atoms with E-state index in [0.717, 1.165) is 36.7 Å². The maximum atomic E-state index is 10.1. The van der Waals surface area contributed by atoms with Crippen LogP contribution in [0.2, 0.25) is 0 Å². The van der Waals surface area contributed by atoms with Crippen LogP contribution < -0.4 is 4.90 Å². The predicted octanol–water partition coefficient (Wildman–Crippen LogP) is 2.87. The molecule has 1 fully saturated rings. The zero-order valence-corrected chi connectivity index (χ0v) is 14.5. The Balaban J connectivity index is 1.85. The van der Waals surface area contributed by atoms with Gasteiger partial charge in [0.25, 0.3) is 10.2 Å². The lowest BCUT2D eigenvalue weighted by Crippen LogP contribution is -2.46. The summed E-state index contributed by atoms with van der Waals surface area (Å²) in [4.78, 5) is 13.0. The highest BCUT2D eigenvalue weighted by Crippen LogP contribution is 2.19. The SMILES string of the molecule is CCN(/[N+](O)=N/OC1CCN(c2ccccn2)CC1)C(C)(C)C. The molecule has 23 heavy (non-hydrogen) atoms. The number of hydrazine groups is 1. The van der Waals surface area contributed by atoms with Crippen molar-refractivity contribution >= 4 is 5.82 Å². The number of anilines is 1. The molecule has 1 aromatic rings. The summed E-state index contributed by atoms with van der Waals surface area (Å²) in [7, 11) is 0. The number of hydrogen-bond donors (Lipinski definition) is 1. The standard InChI is InChI=1S/C16H28N5O2/c1-5-20(16(2,3)4)21(22)18-23-14-9-12-19(13-10-14)15-8-6-7-11-17-15/h6-8,11,14H,5,9-10,12-13H2,1-4H3,(H,18,22)/q+1. The molecular weight excluding hydrogens is 294 g/mol. The van der Waals surface area contributed by atoms with Crippen molar-refractivity contribution in [3.63, 3.8) is 0 Å². The van der Waals surface area contributed by atoms with Crippen LogP contribution >= 0.6 is 0 Å². The molecule has 0 saturated carbocycles. The molecule has 1 saturated heterocycles. The van der Waals surface area contributed by atoms with Gasteiger partial charge in [0.15, 0.2) is 0 Å². The molecule has 7 heteroatoms. The molecule has 0 aromatic carbocycles. The van der Waals surface area contributed by atoms with E-state index in [0.29, 0.717) is 6.54 Å². The zero-order chi connectivity index (χ0) is 16.9. The average Bonchev–Trinajstić information content (AvgIpc) is 2.53. The van der Waals surface area contributed by atoms with Gasteiger partial charge in [-0.2, -0.15) is 0 Å². The Bertz CT molecular complexity index is 507. The number of nitrogens with zero attached hydrogens (tertiary/aromatic N) is 5. The summed E-state index contributed by atoms with van der Waals surface area (Å²) in [5, 5.41) is 15.6. The van der Waals surface area contributed by atoms with E-state index in [2.05, 4.69) is 15.2 Å². The van der Waals surface area contributed by atoms with Gasteiger partial charge in [-0.05, 0) is 39.8 Å². The van der Waals surface area contributed by atoms with E-state index < -0.39 is 0 Å². The minimum Gasteiger partial charge on any atom is -0.356 e. The van der Waals surface area contributed by atoms with Crippen LogP contribution in [0, 0.1) is 0 Å². The van der Waals surface area contributed by atoms with Crippen molar-refractivity contribution in [1.29, 1.82) is 0 Å². The first kappa shape index (κ1) is 17.3. The van der Waals surface area contributed by atoms with Crippen LogP contribution in [0.4, 0.5) is 5.82 Å². The summed E-state index contributed by atoms with van der Waals surface area (Å²) in [6, 6.07) is 5.93. The summed E-state index contributed by atoms with van der Waals surface area (Å²) in [6.07, 6.45) is 3.54. The van der Waals surface area contributed by atoms with Gasteiger partial charge >= 0.3 is 0 Å². The van der Waals surface area contributed by atoms with Crippen LogP contribution in [0.1, 0.15) is 40.5 Å². The minimum absolute atomic E-state index is 0.0169. The van der Waals surface area contributed by atoms with E-state index in [1.165, 1.54) is 0 Å². The highest BCUT2D eigenvalue weighted by atomic mass is 16.7. The van der Waals surface area contributed by atoms with Crippen molar-refractivity contribution in [2.75, 3.05) is 24.5 Å². The molecule has 0 atom stereocenters. The molecule has 0 unspecified atom stereocenters. The molecule has 2 heterocycles. The third-order valence-electron chi connectivity index (χ3n) is 3.97. The predicted molar refractivity (Wildman–Crippen MR) is 87.2 cm³/mol. The van der Waals surface area contributed by atoms with Gasteiger partial charge in [0, 0.05) is 32.1 Å². The van der Waals surface area contributed by atoms with Crippen LogP contribution in [0.25, 0.3) is 0 Å². The Hall–Kier alpha value is -2.05. The third kappa shape index (κ3) is 4.71. The van der Waals surface area contributed by atoms with E-state index in [4.69, 9.17) is 4.84 Å². The summed E-state index contributed by atoms with van der Waals surface area (Å²) in [6.45, 7) is 10.4. The second kappa shape index (κ2) is 7.48. The quantitative estimate of drug-likeness (QED) is 0.513. The normalized spacial score (nSPS) is 17.2. The van der Waals surface area contributed by atoms with E-state index in [9.17, 15) is 5.21 Å². The monoisotopic (exact) mass is 322 g/mol. The lowest BCUT2D eigenvalue weighted by atomic mass is 10.1. The Kier molecular flexibility index (Phi) is 5.63. The van der Waals surface area contributed by atoms with Gasteiger partial charge in [0.2, 0.25) is 0 Å². The van der Waals surface area contributed by atoms with E-state index >= 15 is 0 Å². The van der Waals surface area contributed by atoms with Crippen molar-refractivity contribution in [3.05, 3.63) is 24.4 Å². The molecule has 0 radical (unpaired) electrons. The summed E-state index contributed by atoms with van der Waals surface area (Å²) in [5.41, 5.74) is -0.224. The lowest BCUT2D eigenvalue weighted by Gasteiger charge is -2.31. The Morgan fingerprint density at radius 2 is 2.09 bits per heavy atom. The molecule has 128 valence electrons. The first-order chi connectivity index (χ1) is 10.9. The smallest absolute Gasteiger partial charge is 0.274 e. The molecule has 7 nitrogen and oxygen atoms in total. The van der Waals surface area contributed by atoms with Gasteiger partial charge < -0.3 is 9.74 Å². The summed E-state index contributed by atoms with van der Waals surface area (Å²) < 4.78 is 0. The molecule has 1 N–H and O–H groups in total. The number of hydrogen-bond acceptors (Lipinski definition) is 4. The number of pyridine rings is 1. The molecule has 1 aliphatic heterocycles. The Morgan fingerprint density at radius 3 is 2.61 bits per heavy atom. The van der Waals surface area contributed by atoms with Crippen LogP contribution in [0.3, 0.4) is 0 Å². The molecular formula is C16H28N5O2+. The number of aromatic nitrogens is 1. The van der Waals surface area contributed by atoms with Crippen molar-refractivity contribution < 1.29 is 15.0 Å². The first-order valence-electron chi connectivity index (χ1n) is 8.21. The van der Waals surface area contributed by atoms with Gasteiger partial charge in [-0.25, -0.2) is 10.2 Å². The number of piperidine rings is 1. The van der Waals surface area contributed by atoms with Gasteiger partial charge in [0.05, 0.1) is 12.1 Å². The molecule has 2 rings (SSSR count). The highest BCUT2D eigenvalue weighted by molar-refractivity contribution is 5.37. The second-order valence-corrected chi connectivity index (χ2v) is 6.72. The zero-order valence-electron chi connectivity index (χ0n) is 14.5. The van der Waals surface area contributed by atoms with Crippen LogP contribution in [0.15, 0.2) is 29.7 Å². The average molecular weight is 322 g/mol. The van der Waals surface area contributed by atoms with Crippen molar-refractivity contribution in [2.45, 2.75) is 52.2 Å². The van der Waals surface area contributed by atoms with Crippen LogP contribution in [-0.2, 0) is 4.84 Å². The maximum Gasteiger partial charge on any atom is 0.274 e. The van der Waals surface area contributed by atoms with Crippen molar-refractivity contribution in [1.82, 2.24) is 9.99 Å². The molecule has 0 bridgehead atoms. The minimum atomic E-state index is -0.224. The van der Waals surface area contributed by atoms with Crippen molar-refractivity contribution in [2.24, 2.45) is 5.28 Å². The highest BCUT2D eigenvalue weighted by Gasteiger charge is 2.32.